The largest absolute Gasteiger partial charge is 0.497 e. The number of carbonyl (C=O) groups is 1. The second kappa shape index (κ2) is 7.67. The van der Waals surface area contributed by atoms with E-state index in [9.17, 15) is 23.1 Å². The quantitative estimate of drug-likeness (QED) is 0.794. The number of aliphatic hydroxyl groups is 1. The van der Waals surface area contributed by atoms with Crippen LogP contribution in [0.15, 0.2) is 60.8 Å². The Bertz CT molecular complexity index is 897. The fraction of sp³-hybridized carbons (Fsp3) is 0.250. The fourth-order valence-electron chi connectivity index (χ4n) is 2.82. The van der Waals surface area contributed by atoms with Gasteiger partial charge in [-0.15, -0.1) is 0 Å². The smallest absolute Gasteiger partial charge is 0.438 e. The molecule has 0 spiro atoms. The topological polar surface area (TPSA) is 71.0 Å². The molecule has 1 atom stereocenters. The van der Waals surface area contributed by atoms with Crippen molar-refractivity contribution >= 4 is 5.91 Å². The van der Waals surface area contributed by atoms with Crippen molar-refractivity contribution in [3.63, 3.8) is 0 Å². The van der Waals surface area contributed by atoms with Crippen LogP contribution >= 0.6 is 0 Å². The van der Waals surface area contributed by atoms with Crippen molar-refractivity contribution in [1.29, 1.82) is 0 Å². The number of nitrogens with zero attached hydrogens (tertiary/aromatic N) is 1. The van der Waals surface area contributed by atoms with E-state index in [2.05, 4.69) is 12.0 Å². The summed E-state index contributed by atoms with van der Waals surface area (Å²) in [6.45, 7) is 3.58. The summed E-state index contributed by atoms with van der Waals surface area (Å²) in [5.41, 5.74) is -0.569. The molecule has 2 aromatic rings. The number of methoxy groups -OCH3 is 1. The third-order valence-electron chi connectivity index (χ3n) is 4.42. The van der Waals surface area contributed by atoms with Gasteiger partial charge in [0, 0.05) is 17.7 Å². The number of benzene rings is 2. The first-order chi connectivity index (χ1) is 13.6. The van der Waals surface area contributed by atoms with Crippen LogP contribution < -0.4 is 14.9 Å². The molecular formula is C20H19F3N2O4. The highest BCUT2D eigenvalue weighted by Gasteiger charge is 2.63. The van der Waals surface area contributed by atoms with Gasteiger partial charge < -0.3 is 14.6 Å². The lowest BCUT2D eigenvalue weighted by molar-refractivity contribution is -0.299. The minimum absolute atomic E-state index is 0.0249. The van der Waals surface area contributed by atoms with Crippen molar-refractivity contribution in [2.45, 2.75) is 24.9 Å². The zero-order valence-corrected chi connectivity index (χ0v) is 15.5. The number of hydrogen-bond donors (Lipinski definition) is 2. The molecule has 2 aromatic carbocycles. The number of carbonyl (C=O) groups excluding carboxylic acids is 1. The Morgan fingerprint density at radius 1 is 1.17 bits per heavy atom. The third-order valence-corrected chi connectivity index (χ3v) is 4.42. The SMILES string of the molecule is C=C1CC(O)(C(F)(F)F)N(C(=O)c2ccc(COc3ccc(OC)cc3)cc2)N1. The Balaban J connectivity index is 1.69. The van der Waals surface area contributed by atoms with Gasteiger partial charge in [0.2, 0.25) is 0 Å². The first-order valence-corrected chi connectivity index (χ1v) is 8.58. The van der Waals surface area contributed by atoms with E-state index >= 15 is 0 Å². The molecule has 0 saturated carbocycles. The molecule has 0 aromatic heterocycles. The number of ether oxygens (including phenoxy) is 2. The first-order valence-electron chi connectivity index (χ1n) is 8.58. The van der Waals surface area contributed by atoms with Gasteiger partial charge in [-0.1, -0.05) is 18.7 Å². The number of halogens is 3. The molecule has 1 heterocycles. The van der Waals surface area contributed by atoms with Crippen molar-refractivity contribution in [2.75, 3.05) is 7.11 Å². The molecule has 154 valence electrons. The summed E-state index contributed by atoms with van der Waals surface area (Å²) in [4.78, 5) is 12.5. The van der Waals surface area contributed by atoms with Crippen LogP contribution in [0.1, 0.15) is 22.3 Å². The average Bonchev–Trinajstić information content (AvgIpc) is 3.02. The highest BCUT2D eigenvalue weighted by atomic mass is 19.4. The monoisotopic (exact) mass is 408 g/mol. The lowest BCUT2D eigenvalue weighted by atomic mass is 10.1. The molecular weight excluding hydrogens is 389 g/mol. The predicted octanol–water partition coefficient (Wildman–Crippen LogP) is 3.39. The summed E-state index contributed by atoms with van der Waals surface area (Å²) in [5, 5.41) is 10.2. The van der Waals surface area contributed by atoms with Gasteiger partial charge in [-0.2, -0.15) is 13.2 Å². The Labute approximate surface area is 165 Å². The second-order valence-electron chi connectivity index (χ2n) is 6.51. The molecule has 1 saturated heterocycles. The fourth-order valence-corrected chi connectivity index (χ4v) is 2.82. The maximum Gasteiger partial charge on any atom is 0.438 e. The summed E-state index contributed by atoms with van der Waals surface area (Å²) in [6, 6.07) is 12.8. The summed E-state index contributed by atoms with van der Waals surface area (Å²) in [6.07, 6.45) is -5.88. The molecule has 1 amide bonds. The Morgan fingerprint density at radius 2 is 1.76 bits per heavy atom. The summed E-state index contributed by atoms with van der Waals surface area (Å²) < 4.78 is 50.5. The van der Waals surface area contributed by atoms with Crippen molar-refractivity contribution in [3.05, 3.63) is 71.9 Å². The highest BCUT2D eigenvalue weighted by Crippen LogP contribution is 2.41. The van der Waals surface area contributed by atoms with E-state index in [0.29, 0.717) is 17.1 Å². The molecule has 0 bridgehead atoms. The summed E-state index contributed by atoms with van der Waals surface area (Å²) >= 11 is 0. The molecule has 1 fully saturated rings. The predicted molar refractivity (Wildman–Crippen MR) is 97.8 cm³/mol. The van der Waals surface area contributed by atoms with E-state index in [1.807, 2.05) is 0 Å². The molecule has 6 nitrogen and oxygen atoms in total. The molecule has 3 rings (SSSR count). The standard InChI is InChI=1S/C20H19F3N2O4/c1-13-11-19(27,20(21,22)23)25(24-13)18(26)15-5-3-14(4-6-15)12-29-17-9-7-16(28-2)8-10-17/h3-10,24,27H,1,11-12H2,2H3. The summed E-state index contributed by atoms with van der Waals surface area (Å²) in [5.74, 6) is 0.282. The molecule has 9 heteroatoms. The van der Waals surface area contributed by atoms with E-state index in [-0.39, 0.29) is 22.9 Å². The number of alkyl halides is 3. The van der Waals surface area contributed by atoms with Gasteiger partial charge in [0.1, 0.15) is 18.1 Å². The second-order valence-corrected chi connectivity index (χ2v) is 6.51. The number of hydrogen-bond acceptors (Lipinski definition) is 5. The zero-order valence-electron chi connectivity index (χ0n) is 15.5. The van der Waals surface area contributed by atoms with Crippen LogP contribution in [0.3, 0.4) is 0 Å². The van der Waals surface area contributed by atoms with Gasteiger partial charge in [0.25, 0.3) is 11.6 Å². The van der Waals surface area contributed by atoms with Crippen LogP contribution in [0, 0.1) is 0 Å². The van der Waals surface area contributed by atoms with Gasteiger partial charge >= 0.3 is 6.18 Å². The van der Waals surface area contributed by atoms with E-state index in [1.165, 1.54) is 12.1 Å². The van der Waals surface area contributed by atoms with Crippen LogP contribution in [0.2, 0.25) is 0 Å². The first kappa shape index (κ1) is 20.5. The molecule has 0 radical (unpaired) electrons. The van der Waals surface area contributed by atoms with Crippen molar-refractivity contribution in [2.24, 2.45) is 0 Å². The molecule has 1 unspecified atom stereocenters. The van der Waals surface area contributed by atoms with E-state index in [4.69, 9.17) is 9.47 Å². The lowest BCUT2D eigenvalue weighted by Crippen LogP contribution is -2.59. The third kappa shape index (κ3) is 4.14. The van der Waals surface area contributed by atoms with Gasteiger partial charge in [-0.3, -0.25) is 10.2 Å². The molecule has 1 aliphatic rings. The van der Waals surface area contributed by atoms with Crippen LogP contribution in [-0.2, 0) is 6.61 Å². The van der Waals surface area contributed by atoms with Crippen LogP contribution in [-0.4, -0.2) is 35.0 Å². The Kier molecular flexibility index (Phi) is 5.43. The maximum atomic E-state index is 13.3. The van der Waals surface area contributed by atoms with Crippen molar-refractivity contribution in [3.8, 4) is 11.5 Å². The van der Waals surface area contributed by atoms with Crippen LogP contribution in [0.5, 0.6) is 11.5 Å². The van der Waals surface area contributed by atoms with Gasteiger partial charge in [0.05, 0.1) is 7.11 Å². The van der Waals surface area contributed by atoms with E-state index in [1.54, 1.807) is 43.5 Å². The maximum absolute atomic E-state index is 13.3. The minimum atomic E-state index is -5.04. The Hall–Kier alpha value is -3.20. The molecule has 2 N–H and O–H groups in total. The van der Waals surface area contributed by atoms with Crippen LogP contribution in [0.4, 0.5) is 13.2 Å². The number of nitrogens with one attached hydrogen (secondary N) is 1. The molecule has 0 aliphatic carbocycles. The average molecular weight is 408 g/mol. The lowest BCUT2D eigenvalue weighted by Gasteiger charge is -2.33. The molecule has 1 aliphatic heterocycles. The van der Waals surface area contributed by atoms with Crippen molar-refractivity contribution in [1.82, 2.24) is 10.4 Å². The number of amides is 1. The van der Waals surface area contributed by atoms with Crippen LogP contribution in [0.25, 0.3) is 0 Å². The summed E-state index contributed by atoms with van der Waals surface area (Å²) in [7, 11) is 1.56. The number of rotatable bonds is 5. The minimum Gasteiger partial charge on any atom is -0.497 e. The van der Waals surface area contributed by atoms with Gasteiger partial charge in [0.15, 0.2) is 0 Å². The number of hydrazine groups is 1. The van der Waals surface area contributed by atoms with Crippen molar-refractivity contribution < 1.29 is 32.5 Å². The molecule has 29 heavy (non-hydrogen) atoms. The van der Waals surface area contributed by atoms with E-state index < -0.39 is 24.2 Å². The zero-order chi connectivity index (χ0) is 21.2. The normalized spacial score (nSPS) is 19.1. The highest BCUT2D eigenvalue weighted by molar-refractivity contribution is 5.94. The van der Waals surface area contributed by atoms with Gasteiger partial charge in [-0.25, -0.2) is 5.01 Å². The van der Waals surface area contributed by atoms with E-state index in [0.717, 1.165) is 0 Å². The Morgan fingerprint density at radius 3 is 2.31 bits per heavy atom. The van der Waals surface area contributed by atoms with Gasteiger partial charge in [-0.05, 0) is 42.0 Å².